The van der Waals surface area contributed by atoms with E-state index in [1.54, 1.807) is 23.2 Å². The smallest absolute Gasteiger partial charge is 0.261 e. The zero-order valence-electron chi connectivity index (χ0n) is 15.5. The van der Waals surface area contributed by atoms with Crippen molar-refractivity contribution in [2.45, 2.75) is 9.92 Å². The van der Waals surface area contributed by atoms with Gasteiger partial charge in [-0.05, 0) is 24.3 Å². The number of benzene rings is 1. The van der Waals surface area contributed by atoms with Crippen LogP contribution in [0.1, 0.15) is 10.4 Å². The van der Waals surface area contributed by atoms with Gasteiger partial charge in [-0.1, -0.05) is 23.9 Å². The molecule has 1 saturated heterocycles. The monoisotopic (exact) mass is 398 g/mol. The van der Waals surface area contributed by atoms with Gasteiger partial charge in [0, 0.05) is 37.3 Å². The highest BCUT2D eigenvalue weighted by Gasteiger charge is 2.29. The normalized spacial score (nSPS) is 16.9. The molecule has 28 heavy (non-hydrogen) atoms. The Labute approximate surface area is 168 Å². The standard InChI is InChI=1S/C20H22N4O3S/c25-18(21-8-9-23-10-12-27-13-11-23)14-24-16-5-1-2-6-17(16)28-19-15(20(24)26)4-3-7-22-19/h1-7H,8-14H2,(H,21,25). The molecule has 1 N–H and O–H groups in total. The van der Waals surface area contributed by atoms with E-state index in [2.05, 4.69) is 15.2 Å². The lowest BCUT2D eigenvalue weighted by molar-refractivity contribution is -0.119. The van der Waals surface area contributed by atoms with Crippen molar-refractivity contribution in [1.29, 1.82) is 0 Å². The number of pyridine rings is 1. The van der Waals surface area contributed by atoms with Crippen LogP contribution in [0.2, 0.25) is 0 Å². The first-order valence-corrected chi connectivity index (χ1v) is 10.1. The maximum atomic E-state index is 13.1. The Morgan fingerprint density at radius 1 is 1.18 bits per heavy atom. The average Bonchev–Trinajstić information content (AvgIpc) is 2.84. The zero-order chi connectivity index (χ0) is 19.3. The lowest BCUT2D eigenvalue weighted by Crippen LogP contribution is -2.45. The van der Waals surface area contributed by atoms with E-state index in [-0.39, 0.29) is 18.4 Å². The number of para-hydroxylation sites is 1. The van der Waals surface area contributed by atoms with Gasteiger partial charge >= 0.3 is 0 Å². The van der Waals surface area contributed by atoms with Crippen LogP contribution in [-0.4, -0.2) is 67.6 Å². The number of amides is 2. The van der Waals surface area contributed by atoms with Crippen LogP contribution in [0.25, 0.3) is 0 Å². The molecule has 2 aliphatic heterocycles. The van der Waals surface area contributed by atoms with Crippen LogP contribution in [0.4, 0.5) is 5.69 Å². The minimum Gasteiger partial charge on any atom is -0.379 e. The number of carbonyl (C=O) groups excluding carboxylic acids is 2. The number of morpholine rings is 1. The Morgan fingerprint density at radius 2 is 2.00 bits per heavy atom. The minimum absolute atomic E-state index is 0.0200. The van der Waals surface area contributed by atoms with Crippen molar-refractivity contribution in [2.24, 2.45) is 0 Å². The fourth-order valence-corrected chi connectivity index (χ4v) is 4.31. The third-order valence-corrected chi connectivity index (χ3v) is 5.85. The summed E-state index contributed by atoms with van der Waals surface area (Å²) in [7, 11) is 0. The summed E-state index contributed by atoms with van der Waals surface area (Å²) in [5.74, 6) is -0.377. The number of anilines is 1. The predicted molar refractivity (Wildman–Crippen MR) is 107 cm³/mol. The summed E-state index contributed by atoms with van der Waals surface area (Å²) in [4.78, 5) is 34.7. The van der Waals surface area contributed by atoms with Crippen molar-refractivity contribution in [3.05, 3.63) is 48.2 Å². The third-order valence-electron chi connectivity index (χ3n) is 4.77. The van der Waals surface area contributed by atoms with Crippen molar-refractivity contribution in [2.75, 3.05) is 50.8 Å². The summed E-state index contributed by atoms with van der Waals surface area (Å²) in [6.07, 6.45) is 1.68. The van der Waals surface area contributed by atoms with Crippen LogP contribution in [0.15, 0.2) is 52.5 Å². The quantitative estimate of drug-likeness (QED) is 0.825. The molecule has 2 amide bonds. The zero-order valence-corrected chi connectivity index (χ0v) is 16.3. The number of fused-ring (bicyclic) bond motifs is 2. The molecule has 8 heteroatoms. The van der Waals surface area contributed by atoms with E-state index in [1.165, 1.54) is 11.8 Å². The number of aromatic nitrogens is 1. The second kappa shape index (κ2) is 8.72. The molecule has 0 atom stereocenters. The number of hydrogen-bond acceptors (Lipinski definition) is 6. The SMILES string of the molecule is O=C(CN1C(=O)c2cccnc2Sc2ccccc21)NCCN1CCOCC1. The number of nitrogens with one attached hydrogen (secondary N) is 1. The molecule has 1 aromatic heterocycles. The molecule has 2 aliphatic rings. The summed E-state index contributed by atoms with van der Waals surface area (Å²) in [5.41, 5.74) is 1.25. The molecule has 1 aromatic carbocycles. The molecule has 0 aliphatic carbocycles. The molecule has 146 valence electrons. The highest BCUT2D eigenvalue weighted by Crippen LogP contribution is 2.39. The number of hydrogen-bond donors (Lipinski definition) is 1. The van der Waals surface area contributed by atoms with Crippen LogP contribution in [0.5, 0.6) is 0 Å². The summed E-state index contributed by atoms with van der Waals surface area (Å²) < 4.78 is 5.33. The van der Waals surface area contributed by atoms with Crippen molar-refractivity contribution in [3.63, 3.8) is 0 Å². The Bertz CT molecular complexity index is 870. The van der Waals surface area contributed by atoms with Gasteiger partial charge in [0.15, 0.2) is 0 Å². The average molecular weight is 398 g/mol. The summed E-state index contributed by atoms with van der Waals surface area (Å²) >= 11 is 1.45. The summed E-state index contributed by atoms with van der Waals surface area (Å²) in [6, 6.07) is 11.1. The minimum atomic E-state index is -0.205. The van der Waals surface area contributed by atoms with Gasteiger partial charge in [0.05, 0.1) is 24.5 Å². The van der Waals surface area contributed by atoms with Gasteiger partial charge < -0.3 is 10.1 Å². The first kappa shape index (κ1) is 18.9. The molecule has 0 bridgehead atoms. The van der Waals surface area contributed by atoms with Gasteiger partial charge in [-0.3, -0.25) is 19.4 Å². The number of nitrogens with zero attached hydrogens (tertiary/aromatic N) is 3. The molecule has 1 fully saturated rings. The molecular formula is C20H22N4O3S. The van der Waals surface area contributed by atoms with E-state index in [9.17, 15) is 9.59 Å². The van der Waals surface area contributed by atoms with Gasteiger partial charge in [0.2, 0.25) is 5.91 Å². The molecule has 0 unspecified atom stereocenters. The second-order valence-electron chi connectivity index (χ2n) is 6.62. The molecule has 0 spiro atoms. The van der Waals surface area contributed by atoms with E-state index in [4.69, 9.17) is 4.74 Å². The van der Waals surface area contributed by atoms with Gasteiger partial charge in [0.25, 0.3) is 5.91 Å². The molecule has 2 aromatic rings. The largest absolute Gasteiger partial charge is 0.379 e. The number of ether oxygens (including phenoxy) is 1. The molecule has 3 heterocycles. The first-order chi connectivity index (χ1) is 13.7. The lowest BCUT2D eigenvalue weighted by Gasteiger charge is -2.27. The Hall–Kier alpha value is -2.42. The van der Waals surface area contributed by atoms with E-state index in [0.717, 1.165) is 43.4 Å². The van der Waals surface area contributed by atoms with Crippen LogP contribution < -0.4 is 10.2 Å². The van der Waals surface area contributed by atoms with Crippen molar-refractivity contribution >= 4 is 29.3 Å². The first-order valence-electron chi connectivity index (χ1n) is 9.33. The van der Waals surface area contributed by atoms with Crippen LogP contribution in [0, 0.1) is 0 Å². The van der Waals surface area contributed by atoms with Crippen molar-refractivity contribution in [1.82, 2.24) is 15.2 Å². The van der Waals surface area contributed by atoms with Crippen LogP contribution >= 0.6 is 11.8 Å². The molecule has 0 radical (unpaired) electrons. The topological polar surface area (TPSA) is 74.8 Å². The van der Waals surface area contributed by atoms with Gasteiger partial charge in [-0.25, -0.2) is 4.98 Å². The number of carbonyl (C=O) groups is 2. The Morgan fingerprint density at radius 3 is 2.86 bits per heavy atom. The lowest BCUT2D eigenvalue weighted by atomic mass is 10.2. The third kappa shape index (κ3) is 4.19. The van der Waals surface area contributed by atoms with E-state index < -0.39 is 0 Å². The molecule has 0 saturated carbocycles. The van der Waals surface area contributed by atoms with E-state index in [0.29, 0.717) is 17.1 Å². The highest BCUT2D eigenvalue weighted by molar-refractivity contribution is 7.99. The molecule has 7 nitrogen and oxygen atoms in total. The van der Waals surface area contributed by atoms with E-state index in [1.807, 2.05) is 24.3 Å². The van der Waals surface area contributed by atoms with Gasteiger partial charge in [-0.15, -0.1) is 0 Å². The molecule has 4 rings (SSSR count). The fourth-order valence-electron chi connectivity index (χ4n) is 3.30. The Kier molecular flexibility index (Phi) is 5.90. The van der Waals surface area contributed by atoms with Gasteiger partial charge in [-0.2, -0.15) is 0 Å². The summed E-state index contributed by atoms with van der Waals surface area (Å²) in [6.45, 7) is 4.55. The van der Waals surface area contributed by atoms with E-state index >= 15 is 0 Å². The van der Waals surface area contributed by atoms with Gasteiger partial charge in [0.1, 0.15) is 11.6 Å². The summed E-state index contributed by atoms with van der Waals surface area (Å²) in [5, 5.41) is 3.60. The van der Waals surface area contributed by atoms with Crippen LogP contribution in [-0.2, 0) is 9.53 Å². The second-order valence-corrected chi connectivity index (χ2v) is 7.65. The Balaban J connectivity index is 1.46. The van der Waals surface area contributed by atoms with Crippen molar-refractivity contribution in [3.8, 4) is 0 Å². The number of rotatable bonds is 5. The maximum absolute atomic E-state index is 13.1. The highest BCUT2D eigenvalue weighted by atomic mass is 32.2. The predicted octanol–water partition coefficient (Wildman–Crippen LogP) is 1.64. The maximum Gasteiger partial charge on any atom is 0.261 e. The fraction of sp³-hybridized carbons (Fsp3) is 0.350. The molecular weight excluding hydrogens is 376 g/mol. The van der Waals surface area contributed by atoms with Crippen molar-refractivity contribution < 1.29 is 14.3 Å². The van der Waals surface area contributed by atoms with Crippen LogP contribution in [0.3, 0.4) is 0 Å².